The lowest BCUT2D eigenvalue weighted by Gasteiger charge is -2.08. The number of nitrogens with one attached hydrogen (secondary N) is 1. The minimum absolute atomic E-state index is 0.103. The Balaban J connectivity index is 2.16. The smallest absolute Gasteiger partial charge is 0.256 e. The first kappa shape index (κ1) is 14.2. The van der Waals surface area contributed by atoms with E-state index in [-0.39, 0.29) is 5.91 Å². The maximum absolute atomic E-state index is 12.3. The van der Waals surface area contributed by atoms with Crippen LogP contribution in [0.4, 0.5) is 5.69 Å². The third-order valence-electron chi connectivity index (χ3n) is 3.77. The van der Waals surface area contributed by atoms with E-state index in [0.29, 0.717) is 11.3 Å². The van der Waals surface area contributed by atoms with Crippen molar-refractivity contribution < 1.29 is 14.3 Å². The van der Waals surface area contributed by atoms with E-state index >= 15 is 0 Å². The quantitative estimate of drug-likeness (QED) is 0.882. The van der Waals surface area contributed by atoms with Crippen LogP contribution in [0, 0.1) is 6.92 Å². The molecule has 0 saturated carbocycles. The van der Waals surface area contributed by atoms with Gasteiger partial charge in [0, 0.05) is 22.4 Å². The van der Waals surface area contributed by atoms with E-state index in [4.69, 9.17) is 9.47 Å². The largest absolute Gasteiger partial charge is 0.497 e. The van der Waals surface area contributed by atoms with Crippen molar-refractivity contribution >= 4 is 23.2 Å². The minimum Gasteiger partial charge on any atom is -0.497 e. The fourth-order valence-corrected chi connectivity index (χ4v) is 2.68. The Kier molecular flexibility index (Phi) is 3.59. The molecule has 0 aromatic heterocycles. The van der Waals surface area contributed by atoms with Crippen LogP contribution in [0.2, 0.25) is 0 Å². The summed E-state index contributed by atoms with van der Waals surface area (Å²) < 4.78 is 10.6. The van der Waals surface area contributed by atoms with Gasteiger partial charge in [-0.2, -0.15) is 0 Å². The van der Waals surface area contributed by atoms with Crippen LogP contribution in [0.5, 0.6) is 11.5 Å². The van der Waals surface area contributed by atoms with Crippen molar-refractivity contribution in [3.8, 4) is 11.5 Å². The van der Waals surface area contributed by atoms with Crippen molar-refractivity contribution in [1.29, 1.82) is 0 Å². The lowest BCUT2D eigenvalue weighted by atomic mass is 9.99. The Hall–Kier alpha value is -2.75. The summed E-state index contributed by atoms with van der Waals surface area (Å²) in [5.41, 5.74) is 4.29. The predicted octanol–water partition coefficient (Wildman–Crippen LogP) is 3.50. The second-order valence-corrected chi connectivity index (χ2v) is 5.12. The number of hydrogen-bond acceptors (Lipinski definition) is 3. The molecular formula is C18H17NO3. The van der Waals surface area contributed by atoms with Gasteiger partial charge in [0.05, 0.1) is 14.2 Å². The number of carbonyl (C=O) groups is 1. The van der Waals surface area contributed by atoms with E-state index in [0.717, 1.165) is 28.1 Å². The lowest BCUT2D eigenvalue weighted by Crippen LogP contribution is -2.03. The molecule has 0 aliphatic carbocycles. The fraction of sp³-hybridized carbons (Fsp3) is 0.167. The molecule has 1 N–H and O–H groups in total. The first-order valence-electron chi connectivity index (χ1n) is 6.99. The number of amides is 1. The molecule has 0 saturated heterocycles. The minimum atomic E-state index is -0.103. The Morgan fingerprint density at radius 2 is 1.91 bits per heavy atom. The molecule has 0 radical (unpaired) electrons. The summed E-state index contributed by atoms with van der Waals surface area (Å²) in [6.07, 6.45) is 1.84. The molecule has 0 atom stereocenters. The van der Waals surface area contributed by atoms with E-state index < -0.39 is 0 Å². The van der Waals surface area contributed by atoms with Crippen LogP contribution in [-0.2, 0) is 4.79 Å². The zero-order chi connectivity index (χ0) is 15.7. The van der Waals surface area contributed by atoms with Crippen LogP contribution in [-0.4, -0.2) is 20.1 Å². The van der Waals surface area contributed by atoms with Gasteiger partial charge in [0.25, 0.3) is 5.91 Å². The number of aryl methyl sites for hydroxylation is 1. The SMILES string of the molecule is COc1ccc(OC)c(C=C2C(=O)Nc3cccc(C)c32)c1. The number of fused-ring (bicyclic) bond motifs is 1. The fourth-order valence-electron chi connectivity index (χ4n) is 2.68. The maximum Gasteiger partial charge on any atom is 0.256 e. The van der Waals surface area contributed by atoms with Crippen LogP contribution in [0.25, 0.3) is 11.6 Å². The summed E-state index contributed by atoms with van der Waals surface area (Å²) in [6, 6.07) is 11.4. The number of methoxy groups -OCH3 is 2. The van der Waals surface area contributed by atoms with Crippen LogP contribution in [0.15, 0.2) is 36.4 Å². The summed E-state index contributed by atoms with van der Waals surface area (Å²) in [5, 5.41) is 2.90. The van der Waals surface area contributed by atoms with Crippen molar-refractivity contribution in [3.63, 3.8) is 0 Å². The summed E-state index contributed by atoms with van der Waals surface area (Å²) in [6.45, 7) is 2.00. The molecule has 2 aromatic rings. The van der Waals surface area contributed by atoms with Crippen molar-refractivity contribution in [1.82, 2.24) is 0 Å². The van der Waals surface area contributed by atoms with Gasteiger partial charge < -0.3 is 14.8 Å². The lowest BCUT2D eigenvalue weighted by molar-refractivity contribution is -0.110. The van der Waals surface area contributed by atoms with Crippen molar-refractivity contribution in [2.75, 3.05) is 19.5 Å². The predicted molar refractivity (Wildman–Crippen MR) is 87.2 cm³/mol. The zero-order valence-corrected chi connectivity index (χ0v) is 12.8. The van der Waals surface area contributed by atoms with Gasteiger partial charge in [0.15, 0.2) is 0 Å². The molecule has 4 heteroatoms. The van der Waals surface area contributed by atoms with Crippen molar-refractivity contribution in [2.45, 2.75) is 6.92 Å². The van der Waals surface area contributed by atoms with E-state index in [1.54, 1.807) is 14.2 Å². The van der Waals surface area contributed by atoms with Gasteiger partial charge in [-0.3, -0.25) is 4.79 Å². The average molecular weight is 295 g/mol. The highest BCUT2D eigenvalue weighted by molar-refractivity contribution is 6.35. The molecule has 2 aromatic carbocycles. The molecule has 1 heterocycles. The number of benzene rings is 2. The van der Waals surface area contributed by atoms with Gasteiger partial charge in [0.2, 0.25) is 0 Å². The van der Waals surface area contributed by atoms with E-state index in [1.807, 2.05) is 49.4 Å². The van der Waals surface area contributed by atoms with Crippen LogP contribution in [0.3, 0.4) is 0 Å². The molecule has 0 bridgehead atoms. The van der Waals surface area contributed by atoms with Gasteiger partial charge in [-0.05, 0) is 42.8 Å². The Bertz CT molecular complexity index is 778. The first-order valence-corrected chi connectivity index (χ1v) is 6.99. The van der Waals surface area contributed by atoms with Gasteiger partial charge in [0.1, 0.15) is 11.5 Å². The topological polar surface area (TPSA) is 47.6 Å². The van der Waals surface area contributed by atoms with E-state index in [9.17, 15) is 4.79 Å². The molecule has 1 amide bonds. The number of rotatable bonds is 3. The highest BCUT2D eigenvalue weighted by Gasteiger charge is 2.25. The average Bonchev–Trinajstić information content (AvgIpc) is 2.84. The van der Waals surface area contributed by atoms with Gasteiger partial charge >= 0.3 is 0 Å². The summed E-state index contributed by atoms with van der Waals surface area (Å²) in [4.78, 5) is 12.3. The van der Waals surface area contributed by atoms with Crippen LogP contribution < -0.4 is 14.8 Å². The molecule has 0 spiro atoms. The van der Waals surface area contributed by atoms with E-state index in [2.05, 4.69) is 5.32 Å². The van der Waals surface area contributed by atoms with Gasteiger partial charge in [-0.15, -0.1) is 0 Å². The highest BCUT2D eigenvalue weighted by Crippen LogP contribution is 2.37. The molecule has 0 fully saturated rings. The van der Waals surface area contributed by atoms with Gasteiger partial charge in [-0.1, -0.05) is 12.1 Å². The molecule has 3 rings (SSSR count). The molecule has 1 aliphatic rings. The van der Waals surface area contributed by atoms with E-state index in [1.165, 1.54) is 0 Å². The number of ether oxygens (including phenoxy) is 2. The third-order valence-corrected chi connectivity index (χ3v) is 3.77. The Morgan fingerprint density at radius 3 is 2.64 bits per heavy atom. The molecule has 112 valence electrons. The number of hydrogen-bond donors (Lipinski definition) is 1. The summed E-state index contributed by atoms with van der Waals surface area (Å²) >= 11 is 0. The molecule has 0 unspecified atom stereocenters. The monoisotopic (exact) mass is 295 g/mol. The third kappa shape index (κ3) is 2.33. The zero-order valence-electron chi connectivity index (χ0n) is 12.8. The molecule has 22 heavy (non-hydrogen) atoms. The number of carbonyl (C=O) groups excluding carboxylic acids is 1. The maximum atomic E-state index is 12.3. The summed E-state index contributed by atoms with van der Waals surface area (Å²) in [5.74, 6) is 1.31. The van der Waals surface area contributed by atoms with Crippen molar-refractivity contribution in [2.24, 2.45) is 0 Å². The summed E-state index contributed by atoms with van der Waals surface area (Å²) in [7, 11) is 3.22. The molecular weight excluding hydrogens is 278 g/mol. The molecule has 4 nitrogen and oxygen atoms in total. The first-order chi connectivity index (χ1) is 10.6. The normalized spacial score (nSPS) is 14.7. The highest BCUT2D eigenvalue weighted by atomic mass is 16.5. The Labute approximate surface area is 129 Å². The second-order valence-electron chi connectivity index (χ2n) is 5.12. The van der Waals surface area contributed by atoms with Crippen LogP contribution >= 0.6 is 0 Å². The van der Waals surface area contributed by atoms with Crippen LogP contribution in [0.1, 0.15) is 16.7 Å². The second kappa shape index (κ2) is 5.56. The standard InChI is InChI=1S/C18H17NO3/c1-11-5-4-6-15-17(11)14(18(20)19-15)10-12-9-13(21-2)7-8-16(12)22-3/h4-10H,1-3H3,(H,19,20). The van der Waals surface area contributed by atoms with Crippen molar-refractivity contribution in [3.05, 3.63) is 53.1 Å². The van der Waals surface area contributed by atoms with Gasteiger partial charge in [-0.25, -0.2) is 0 Å². The Morgan fingerprint density at radius 1 is 1.09 bits per heavy atom. The number of anilines is 1. The molecule has 1 aliphatic heterocycles.